The Labute approximate surface area is 221 Å². The van der Waals surface area contributed by atoms with Crippen LogP contribution in [0.2, 0.25) is 0 Å². The van der Waals surface area contributed by atoms with Gasteiger partial charge in [0, 0.05) is 36.2 Å². The summed E-state index contributed by atoms with van der Waals surface area (Å²) in [4.78, 5) is 32.7. The maximum absolute atomic E-state index is 12.9. The molecule has 0 bridgehead atoms. The average Bonchev–Trinajstić information content (AvgIpc) is 3.00. The van der Waals surface area contributed by atoms with E-state index in [1.54, 1.807) is 20.5 Å². The highest BCUT2D eigenvalue weighted by Crippen LogP contribution is 2.26. The molecule has 1 amide bonds. The summed E-state index contributed by atoms with van der Waals surface area (Å²) in [5.74, 6) is 2.48. The second-order valence-electron chi connectivity index (χ2n) is 9.09. The van der Waals surface area contributed by atoms with Gasteiger partial charge in [0.05, 0.1) is 37.8 Å². The number of piperidine rings is 1. The van der Waals surface area contributed by atoms with Crippen LogP contribution in [0.4, 0.5) is 5.82 Å². The SMILES string of the molecule is COc1ccc(-c2cc(CNC(=O)C3CCN(c4cc(-c5ccc(OC)cc5)ncn4)CC3)ncn2)cc1. The largest absolute Gasteiger partial charge is 0.497 e. The number of carbonyl (C=O) groups is 1. The van der Waals surface area contributed by atoms with Gasteiger partial charge in [-0.15, -0.1) is 0 Å². The number of rotatable bonds is 8. The number of benzene rings is 2. The van der Waals surface area contributed by atoms with Crippen molar-refractivity contribution in [3.63, 3.8) is 0 Å². The summed E-state index contributed by atoms with van der Waals surface area (Å²) in [7, 11) is 3.29. The summed E-state index contributed by atoms with van der Waals surface area (Å²) < 4.78 is 10.5. The number of amides is 1. The van der Waals surface area contributed by atoms with Crippen molar-refractivity contribution in [3.05, 3.63) is 79.0 Å². The number of ether oxygens (including phenoxy) is 2. The summed E-state index contributed by atoms with van der Waals surface area (Å²) in [5, 5.41) is 3.06. The molecule has 1 aliphatic heterocycles. The minimum absolute atomic E-state index is 0.0444. The van der Waals surface area contributed by atoms with Crippen LogP contribution < -0.4 is 19.7 Å². The van der Waals surface area contributed by atoms with Crippen molar-refractivity contribution in [2.24, 2.45) is 5.92 Å². The lowest BCUT2D eigenvalue weighted by atomic mass is 9.96. The zero-order chi connectivity index (χ0) is 26.3. The van der Waals surface area contributed by atoms with Gasteiger partial charge in [-0.3, -0.25) is 4.79 Å². The van der Waals surface area contributed by atoms with E-state index in [4.69, 9.17) is 9.47 Å². The molecule has 0 radical (unpaired) electrons. The third-order valence-electron chi connectivity index (χ3n) is 6.78. The summed E-state index contributed by atoms with van der Waals surface area (Å²) in [6, 6.07) is 19.4. The minimum Gasteiger partial charge on any atom is -0.497 e. The molecule has 38 heavy (non-hydrogen) atoms. The highest BCUT2D eigenvalue weighted by Gasteiger charge is 2.26. The van der Waals surface area contributed by atoms with Gasteiger partial charge in [0.1, 0.15) is 30.0 Å². The number of hydrogen-bond donors (Lipinski definition) is 1. The van der Waals surface area contributed by atoms with E-state index < -0.39 is 0 Å². The molecule has 0 spiro atoms. The molecular weight excluding hydrogens is 480 g/mol. The number of anilines is 1. The Morgan fingerprint density at radius 2 is 1.37 bits per heavy atom. The molecule has 9 nitrogen and oxygen atoms in total. The van der Waals surface area contributed by atoms with Gasteiger partial charge in [0.25, 0.3) is 0 Å². The lowest BCUT2D eigenvalue weighted by molar-refractivity contribution is -0.125. The quantitative estimate of drug-likeness (QED) is 0.377. The van der Waals surface area contributed by atoms with E-state index in [1.807, 2.05) is 60.7 Å². The molecule has 9 heteroatoms. The number of nitrogens with one attached hydrogen (secondary N) is 1. The van der Waals surface area contributed by atoms with Crippen molar-refractivity contribution in [2.75, 3.05) is 32.2 Å². The van der Waals surface area contributed by atoms with Crippen molar-refractivity contribution in [1.29, 1.82) is 0 Å². The van der Waals surface area contributed by atoms with Crippen LogP contribution in [0.1, 0.15) is 18.5 Å². The summed E-state index contributed by atoms with van der Waals surface area (Å²) in [6.45, 7) is 1.88. The zero-order valence-corrected chi connectivity index (χ0v) is 21.5. The fourth-order valence-corrected chi connectivity index (χ4v) is 4.55. The topological polar surface area (TPSA) is 102 Å². The Morgan fingerprint density at radius 3 is 1.95 bits per heavy atom. The van der Waals surface area contributed by atoms with Crippen LogP contribution in [-0.4, -0.2) is 53.2 Å². The number of methoxy groups -OCH3 is 2. The summed E-state index contributed by atoms with van der Waals surface area (Å²) >= 11 is 0. The standard InChI is InChI=1S/C29H30N6O3/c1-37-24-7-3-20(4-8-24)26-15-23(31-18-32-26)17-30-29(36)22-11-13-35(14-12-22)28-16-27(33-19-34-28)21-5-9-25(38-2)10-6-21/h3-10,15-16,18-19,22H,11-14,17H2,1-2H3,(H,30,36). The second-order valence-corrected chi connectivity index (χ2v) is 9.09. The predicted molar refractivity (Wildman–Crippen MR) is 145 cm³/mol. The van der Waals surface area contributed by atoms with Gasteiger partial charge < -0.3 is 19.7 Å². The zero-order valence-electron chi connectivity index (χ0n) is 21.5. The van der Waals surface area contributed by atoms with Gasteiger partial charge in [-0.05, 0) is 67.4 Å². The third kappa shape index (κ3) is 5.88. The van der Waals surface area contributed by atoms with Crippen molar-refractivity contribution in [1.82, 2.24) is 25.3 Å². The van der Waals surface area contributed by atoms with Crippen LogP contribution in [0.15, 0.2) is 73.3 Å². The normalized spacial score (nSPS) is 13.7. The van der Waals surface area contributed by atoms with Gasteiger partial charge in [0.15, 0.2) is 0 Å². The number of carbonyl (C=O) groups excluding carboxylic acids is 1. The van der Waals surface area contributed by atoms with Crippen molar-refractivity contribution < 1.29 is 14.3 Å². The van der Waals surface area contributed by atoms with Crippen molar-refractivity contribution in [2.45, 2.75) is 19.4 Å². The molecule has 1 saturated heterocycles. The molecule has 2 aromatic heterocycles. The van der Waals surface area contributed by atoms with Crippen molar-refractivity contribution >= 4 is 11.7 Å². The number of nitrogens with zero attached hydrogens (tertiary/aromatic N) is 5. The first kappa shape index (κ1) is 25.1. The van der Waals surface area contributed by atoms with E-state index in [0.717, 1.165) is 71.5 Å². The van der Waals surface area contributed by atoms with E-state index in [0.29, 0.717) is 6.54 Å². The highest BCUT2D eigenvalue weighted by molar-refractivity contribution is 5.79. The Balaban J connectivity index is 1.15. The van der Waals surface area contributed by atoms with Gasteiger partial charge in [-0.1, -0.05) is 0 Å². The van der Waals surface area contributed by atoms with Gasteiger partial charge in [-0.25, -0.2) is 19.9 Å². The Morgan fingerprint density at radius 1 is 0.816 bits per heavy atom. The van der Waals surface area contributed by atoms with E-state index in [2.05, 4.69) is 30.2 Å². The highest BCUT2D eigenvalue weighted by atomic mass is 16.5. The molecule has 0 unspecified atom stereocenters. The van der Waals surface area contributed by atoms with E-state index in [-0.39, 0.29) is 11.8 Å². The van der Waals surface area contributed by atoms with Crippen LogP contribution >= 0.6 is 0 Å². The van der Waals surface area contributed by atoms with E-state index in [9.17, 15) is 4.79 Å². The first-order valence-corrected chi connectivity index (χ1v) is 12.6. The maximum atomic E-state index is 12.9. The predicted octanol–water partition coefficient (Wildman–Crippen LogP) is 4.15. The molecule has 1 N–H and O–H groups in total. The first-order chi connectivity index (χ1) is 18.6. The molecule has 5 rings (SSSR count). The second kappa shape index (κ2) is 11.7. The Bertz CT molecular complexity index is 1370. The molecular formula is C29H30N6O3. The molecule has 3 heterocycles. The summed E-state index contributed by atoms with van der Waals surface area (Å²) in [5.41, 5.74) is 4.40. The van der Waals surface area contributed by atoms with Crippen LogP contribution in [0, 0.1) is 5.92 Å². The fraction of sp³-hybridized carbons (Fsp3) is 0.276. The van der Waals surface area contributed by atoms with Gasteiger partial charge in [-0.2, -0.15) is 0 Å². The van der Waals surface area contributed by atoms with Crippen LogP contribution in [-0.2, 0) is 11.3 Å². The fourth-order valence-electron chi connectivity index (χ4n) is 4.55. The maximum Gasteiger partial charge on any atom is 0.223 e. The van der Waals surface area contributed by atoms with E-state index >= 15 is 0 Å². The van der Waals surface area contributed by atoms with Crippen LogP contribution in [0.25, 0.3) is 22.5 Å². The van der Waals surface area contributed by atoms with Crippen LogP contribution in [0.5, 0.6) is 11.5 Å². The van der Waals surface area contributed by atoms with Crippen molar-refractivity contribution in [3.8, 4) is 34.0 Å². The number of hydrogen-bond acceptors (Lipinski definition) is 8. The van der Waals surface area contributed by atoms with Crippen LogP contribution in [0.3, 0.4) is 0 Å². The van der Waals surface area contributed by atoms with E-state index in [1.165, 1.54) is 6.33 Å². The third-order valence-corrected chi connectivity index (χ3v) is 6.78. The minimum atomic E-state index is -0.0444. The molecule has 0 aliphatic carbocycles. The Kier molecular flexibility index (Phi) is 7.73. The molecule has 4 aromatic rings. The lowest BCUT2D eigenvalue weighted by Gasteiger charge is -2.32. The number of aromatic nitrogens is 4. The lowest BCUT2D eigenvalue weighted by Crippen LogP contribution is -2.40. The summed E-state index contributed by atoms with van der Waals surface area (Å²) in [6.07, 6.45) is 4.64. The molecule has 194 valence electrons. The Hall–Kier alpha value is -4.53. The smallest absolute Gasteiger partial charge is 0.223 e. The van der Waals surface area contributed by atoms with Gasteiger partial charge in [0.2, 0.25) is 5.91 Å². The first-order valence-electron chi connectivity index (χ1n) is 12.6. The average molecular weight is 511 g/mol. The molecule has 1 fully saturated rings. The molecule has 1 aliphatic rings. The molecule has 0 saturated carbocycles. The molecule has 2 aromatic carbocycles. The molecule has 0 atom stereocenters. The van der Waals surface area contributed by atoms with Gasteiger partial charge >= 0.3 is 0 Å². The monoisotopic (exact) mass is 510 g/mol.